The summed E-state index contributed by atoms with van der Waals surface area (Å²) in [5.41, 5.74) is 2.45. The zero-order valence-electron chi connectivity index (χ0n) is 11.2. The van der Waals surface area contributed by atoms with Crippen molar-refractivity contribution in [1.29, 1.82) is 0 Å². The molecule has 0 fully saturated rings. The zero-order chi connectivity index (χ0) is 12.7. The van der Waals surface area contributed by atoms with Crippen LogP contribution in [0.2, 0.25) is 0 Å². The molecule has 1 aromatic rings. The molecule has 0 radical (unpaired) electrons. The quantitative estimate of drug-likeness (QED) is 0.740. The van der Waals surface area contributed by atoms with Gasteiger partial charge in [0, 0.05) is 12.6 Å². The van der Waals surface area contributed by atoms with Crippen LogP contribution in [0.4, 0.5) is 0 Å². The van der Waals surface area contributed by atoms with Crippen LogP contribution < -0.4 is 10.1 Å². The molecule has 0 bridgehead atoms. The summed E-state index contributed by atoms with van der Waals surface area (Å²) in [6.45, 7) is 8.19. The van der Waals surface area contributed by atoms with E-state index in [1.165, 1.54) is 11.1 Å². The second-order valence-electron chi connectivity index (χ2n) is 4.08. The molecular weight excluding hydrogens is 214 g/mol. The Morgan fingerprint density at radius 3 is 2.65 bits per heavy atom. The van der Waals surface area contributed by atoms with Gasteiger partial charge in [-0.3, -0.25) is 0 Å². The molecule has 0 aliphatic rings. The summed E-state index contributed by atoms with van der Waals surface area (Å²) in [4.78, 5) is 0. The number of ether oxygens (including phenoxy) is 2. The molecule has 1 unspecified atom stereocenters. The lowest BCUT2D eigenvalue weighted by molar-refractivity contribution is 0.110. The highest BCUT2D eigenvalue weighted by Crippen LogP contribution is 2.22. The normalized spacial score (nSPS) is 12.5. The van der Waals surface area contributed by atoms with E-state index in [0.29, 0.717) is 19.3 Å². The van der Waals surface area contributed by atoms with Gasteiger partial charge in [-0.15, -0.1) is 0 Å². The molecule has 1 atom stereocenters. The van der Waals surface area contributed by atoms with Crippen LogP contribution in [-0.4, -0.2) is 26.9 Å². The first-order valence-corrected chi connectivity index (χ1v) is 6.17. The minimum absolute atomic E-state index is 0.367. The van der Waals surface area contributed by atoms with Crippen molar-refractivity contribution in [3.05, 3.63) is 29.3 Å². The Balaban J connectivity index is 2.57. The third-order valence-electron chi connectivity index (χ3n) is 2.82. The Kier molecular flexibility index (Phi) is 6.01. The molecule has 0 aliphatic carbocycles. The van der Waals surface area contributed by atoms with Crippen molar-refractivity contribution in [1.82, 2.24) is 5.32 Å². The summed E-state index contributed by atoms with van der Waals surface area (Å²) in [6, 6.07) is 6.66. The highest BCUT2D eigenvalue weighted by atomic mass is 16.5. The van der Waals surface area contributed by atoms with Crippen LogP contribution in [0.3, 0.4) is 0 Å². The van der Waals surface area contributed by atoms with Gasteiger partial charge in [-0.05, 0) is 45.0 Å². The highest BCUT2D eigenvalue weighted by Gasteiger charge is 2.05. The molecule has 0 aromatic heterocycles. The maximum atomic E-state index is 5.66. The zero-order valence-corrected chi connectivity index (χ0v) is 11.2. The molecule has 1 rings (SSSR count). The van der Waals surface area contributed by atoms with Crippen molar-refractivity contribution in [2.75, 3.05) is 26.9 Å². The molecule has 0 spiro atoms. The van der Waals surface area contributed by atoms with Crippen molar-refractivity contribution in [2.24, 2.45) is 0 Å². The molecular formula is C14H23NO2. The molecule has 0 aliphatic heterocycles. The van der Waals surface area contributed by atoms with Crippen molar-refractivity contribution in [2.45, 2.75) is 26.8 Å². The number of hydrogen-bond acceptors (Lipinski definition) is 3. The lowest BCUT2D eigenvalue weighted by Crippen LogP contribution is -2.12. The summed E-state index contributed by atoms with van der Waals surface area (Å²) in [5.74, 6) is 0.941. The van der Waals surface area contributed by atoms with Gasteiger partial charge in [0.15, 0.2) is 0 Å². The summed E-state index contributed by atoms with van der Waals surface area (Å²) in [6.07, 6.45) is 0. The van der Waals surface area contributed by atoms with Crippen LogP contribution in [0.5, 0.6) is 5.75 Å². The van der Waals surface area contributed by atoms with E-state index >= 15 is 0 Å². The van der Waals surface area contributed by atoms with Crippen molar-refractivity contribution in [3.63, 3.8) is 0 Å². The number of rotatable bonds is 7. The van der Waals surface area contributed by atoms with Crippen LogP contribution in [-0.2, 0) is 4.74 Å². The number of nitrogens with one attached hydrogen (secondary N) is 1. The van der Waals surface area contributed by atoms with Gasteiger partial charge in [-0.1, -0.05) is 12.1 Å². The van der Waals surface area contributed by atoms with Crippen molar-refractivity contribution in [3.8, 4) is 5.75 Å². The monoisotopic (exact) mass is 237 g/mol. The number of benzene rings is 1. The maximum absolute atomic E-state index is 5.66. The largest absolute Gasteiger partial charge is 0.491 e. The fraction of sp³-hybridized carbons (Fsp3) is 0.571. The Morgan fingerprint density at radius 2 is 2.06 bits per heavy atom. The van der Waals surface area contributed by atoms with E-state index in [1.807, 2.05) is 20.0 Å². The van der Waals surface area contributed by atoms with E-state index in [9.17, 15) is 0 Å². The second-order valence-corrected chi connectivity index (χ2v) is 4.08. The SMILES string of the molecule is CCOCCOc1ccc(C(C)NC)cc1C. The third kappa shape index (κ3) is 4.36. The second kappa shape index (κ2) is 7.30. The van der Waals surface area contributed by atoms with Crippen molar-refractivity contribution < 1.29 is 9.47 Å². The number of aryl methyl sites for hydroxylation is 1. The van der Waals surface area contributed by atoms with Gasteiger partial charge in [0.2, 0.25) is 0 Å². The van der Waals surface area contributed by atoms with Gasteiger partial charge >= 0.3 is 0 Å². The smallest absolute Gasteiger partial charge is 0.122 e. The van der Waals surface area contributed by atoms with Crippen LogP contribution >= 0.6 is 0 Å². The predicted octanol–water partition coefficient (Wildman–Crippen LogP) is 2.69. The molecule has 0 amide bonds. The minimum atomic E-state index is 0.367. The molecule has 0 saturated carbocycles. The lowest BCUT2D eigenvalue weighted by atomic mass is 10.1. The van der Waals surface area contributed by atoms with Crippen LogP contribution in [0.15, 0.2) is 18.2 Å². The van der Waals surface area contributed by atoms with Gasteiger partial charge < -0.3 is 14.8 Å². The lowest BCUT2D eigenvalue weighted by Gasteiger charge is -2.14. The first-order valence-electron chi connectivity index (χ1n) is 6.17. The van der Waals surface area contributed by atoms with E-state index in [1.54, 1.807) is 0 Å². The first-order chi connectivity index (χ1) is 8.19. The standard InChI is InChI=1S/C14H23NO2/c1-5-16-8-9-17-14-7-6-13(10-11(14)2)12(3)15-4/h6-7,10,12,15H,5,8-9H2,1-4H3. The highest BCUT2D eigenvalue weighted by molar-refractivity contribution is 5.37. The van der Waals surface area contributed by atoms with Crippen molar-refractivity contribution >= 4 is 0 Å². The Morgan fingerprint density at radius 1 is 1.29 bits per heavy atom. The fourth-order valence-electron chi connectivity index (χ4n) is 1.63. The Hall–Kier alpha value is -1.06. The summed E-state index contributed by atoms with van der Waals surface area (Å²) in [5, 5.41) is 3.23. The maximum Gasteiger partial charge on any atom is 0.122 e. The average molecular weight is 237 g/mol. The summed E-state index contributed by atoms with van der Waals surface area (Å²) in [7, 11) is 1.96. The molecule has 96 valence electrons. The number of hydrogen-bond donors (Lipinski definition) is 1. The summed E-state index contributed by atoms with van der Waals surface area (Å²) >= 11 is 0. The molecule has 0 heterocycles. The van der Waals surface area contributed by atoms with Gasteiger partial charge in [-0.2, -0.15) is 0 Å². The average Bonchev–Trinajstić information content (AvgIpc) is 2.35. The van der Waals surface area contributed by atoms with E-state index in [4.69, 9.17) is 9.47 Å². The van der Waals surface area contributed by atoms with E-state index in [0.717, 1.165) is 12.4 Å². The van der Waals surface area contributed by atoms with E-state index < -0.39 is 0 Å². The fourth-order valence-corrected chi connectivity index (χ4v) is 1.63. The van der Waals surface area contributed by atoms with Gasteiger partial charge in [-0.25, -0.2) is 0 Å². The van der Waals surface area contributed by atoms with E-state index in [-0.39, 0.29) is 0 Å². The summed E-state index contributed by atoms with van der Waals surface area (Å²) < 4.78 is 10.9. The Labute approximate surface area is 104 Å². The predicted molar refractivity (Wildman–Crippen MR) is 70.6 cm³/mol. The minimum Gasteiger partial charge on any atom is -0.491 e. The first kappa shape index (κ1) is 14.0. The van der Waals surface area contributed by atoms with Gasteiger partial charge in [0.05, 0.1) is 6.61 Å². The van der Waals surface area contributed by atoms with Crippen LogP contribution in [0.25, 0.3) is 0 Å². The van der Waals surface area contributed by atoms with E-state index in [2.05, 4.69) is 31.3 Å². The molecule has 3 nitrogen and oxygen atoms in total. The molecule has 1 N–H and O–H groups in total. The molecule has 17 heavy (non-hydrogen) atoms. The Bertz CT molecular complexity index is 339. The topological polar surface area (TPSA) is 30.5 Å². The van der Waals surface area contributed by atoms with Crippen LogP contribution in [0, 0.1) is 6.92 Å². The van der Waals surface area contributed by atoms with Crippen LogP contribution in [0.1, 0.15) is 31.0 Å². The molecule has 0 saturated heterocycles. The molecule has 1 aromatic carbocycles. The van der Waals surface area contributed by atoms with Gasteiger partial charge in [0.25, 0.3) is 0 Å². The molecule has 3 heteroatoms. The third-order valence-corrected chi connectivity index (χ3v) is 2.82. The van der Waals surface area contributed by atoms with Gasteiger partial charge in [0.1, 0.15) is 12.4 Å².